The topological polar surface area (TPSA) is 96.0 Å². The lowest BCUT2D eigenvalue weighted by atomic mass is 9.97. The van der Waals surface area contributed by atoms with Crippen LogP contribution in [0.1, 0.15) is 37.8 Å². The Morgan fingerprint density at radius 3 is 2.53 bits per heavy atom. The summed E-state index contributed by atoms with van der Waals surface area (Å²) in [5.74, 6) is 0.409. The van der Waals surface area contributed by atoms with Crippen LogP contribution in [0.5, 0.6) is 5.75 Å². The first-order valence-corrected chi connectivity index (χ1v) is 13.0. The Balaban J connectivity index is 1.36. The predicted molar refractivity (Wildman–Crippen MR) is 129 cm³/mol. The lowest BCUT2D eigenvalue weighted by Crippen LogP contribution is -2.42. The number of benzene rings is 2. The highest BCUT2D eigenvalue weighted by Gasteiger charge is 2.34. The molecule has 0 saturated carbocycles. The van der Waals surface area contributed by atoms with Crippen LogP contribution in [0, 0.1) is 5.92 Å². The number of carbonyl (C=O) groups excluding carboxylic acids is 2. The van der Waals surface area contributed by atoms with Crippen molar-refractivity contribution >= 4 is 27.5 Å². The largest absolute Gasteiger partial charge is 0.497 e. The van der Waals surface area contributed by atoms with Crippen LogP contribution in [0.2, 0.25) is 0 Å². The van der Waals surface area contributed by atoms with Gasteiger partial charge in [-0.05, 0) is 67.6 Å². The normalized spacial score (nSPS) is 19.0. The molecule has 0 unspecified atom stereocenters. The van der Waals surface area contributed by atoms with Gasteiger partial charge in [0.05, 0.1) is 12.0 Å². The van der Waals surface area contributed by atoms with Crippen LogP contribution in [0.25, 0.3) is 0 Å². The van der Waals surface area contributed by atoms with Crippen molar-refractivity contribution in [2.45, 2.75) is 50.6 Å². The molecule has 1 fully saturated rings. The summed E-state index contributed by atoms with van der Waals surface area (Å²) in [6.45, 7) is 4.48. The first-order chi connectivity index (χ1) is 16.2. The molecule has 1 atom stereocenters. The Kier molecular flexibility index (Phi) is 6.95. The van der Waals surface area contributed by atoms with Crippen LogP contribution < -0.4 is 15.0 Å². The number of rotatable bonds is 6. The van der Waals surface area contributed by atoms with Crippen molar-refractivity contribution in [1.29, 1.82) is 0 Å². The number of methoxy groups -OCH3 is 1. The fourth-order valence-electron chi connectivity index (χ4n) is 4.87. The molecule has 34 heavy (non-hydrogen) atoms. The van der Waals surface area contributed by atoms with Gasteiger partial charge in [0.15, 0.2) is 0 Å². The molecule has 2 aromatic carbocycles. The zero-order valence-corrected chi connectivity index (χ0v) is 20.6. The maximum atomic E-state index is 13.3. The molecule has 2 amide bonds. The summed E-state index contributed by atoms with van der Waals surface area (Å²) in [6.07, 6.45) is 1.58. The van der Waals surface area contributed by atoms with Gasteiger partial charge in [-0.1, -0.05) is 12.1 Å². The van der Waals surface area contributed by atoms with E-state index in [0.717, 1.165) is 22.6 Å². The molecule has 0 radical (unpaired) electrons. The number of sulfonamides is 1. The lowest BCUT2D eigenvalue weighted by molar-refractivity contribution is -0.126. The van der Waals surface area contributed by atoms with E-state index < -0.39 is 10.0 Å². The van der Waals surface area contributed by atoms with Gasteiger partial charge in [0.2, 0.25) is 21.8 Å². The number of fused-ring (bicyclic) bond motifs is 1. The number of piperidine rings is 1. The van der Waals surface area contributed by atoms with E-state index in [0.29, 0.717) is 38.9 Å². The molecule has 1 N–H and O–H groups in total. The third-order valence-electron chi connectivity index (χ3n) is 6.67. The molecular formula is C25H31N3O5S. The van der Waals surface area contributed by atoms with Crippen LogP contribution in [0.15, 0.2) is 47.4 Å². The number of carbonyl (C=O) groups is 2. The molecule has 4 rings (SSSR count). The highest BCUT2D eigenvalue weighted by molar-refractivity contribution is 7.89. The number of nitrogens with one attached hydrogen (secondary N) is 1. The Morgan fingerprint density at radius 1 is 1.12 bits per heavy atom. The van der Waals surface area contributed by atoms with E-state index in [-0.39, 0.29) is 28.7 Å². The van der Waals surface area contributed by atoms with Crippen molar-refractivity contribution in [1.82, 2.24) is 9.62 Å². The number of anilines is 1. The molecule has 1 saturated heterocycles. The quantitative estimate of drug-likeness (QED) is 0.679. The minimum absolute atomic E-state index is 0.0108. The Bertz CT molecular complexity index is 1190. The molecule has 2 aliphatic rings. The highest BCUT2D eigenvalue weighted by atomic mass is 32.2. The molecule has 182 valence electrons. The minimum Gasteiger partial charge on any atom is -0.497 e. The smallest absolute Gasteiger partial charge is 0.243 e. The molecule has 0 aliphatic carbocycles. The second-order valence-electron chi connectivity index (χ2n) is 8.98. The van der Waals surface area contributed by atoms with Crippen molar-refractivity contribution < 1.29 is 22.7 Å². The Hall–Kier alpha value is -2.91. The van der Waals surface area contributed by atoms with Crippen molar-refractivity contribution in [3.05, 3.63) is 53.6 Å². The molecule has 0 aromatic heterocycles. The average molecular weight is 486 g/mol. The predicted octanol–water partition coefficient (Wildman–Crippen LogP) is 2.71. The van der Waals surface area contributed by atoms with Gasteiger partial charge in [0.1, 0.15) is 5.75 Å². The molecule has 2 heterocycles. The fraction of sp³-hybridized carbons (Fsp3) is 0.440. The van der Waals surface area contributed by atoms with Crippen molar-refractivity contribution in [2.24, 2.45) is 5.92 Å². The van der Waals surface area contributed by atoms with Gasteiger partial charge in [-0.15, -0.1) is 0 Å². The van der Waals surface area contributed by atoms with E-state index in [1.807, 2.05) is 31.2 Å². The van der Waals surface area contributed by atoms with Crippen LogP contribution in [0.3, 0.4) is 0 Å². The molecular weight excluding hydrogens is 454 g/mol. The zero-order chi connectivity index (χ0) is 24.5. The number of hydrogen-bond donors (Lipinski definition) is 1. The summed E-state index contributed by atoms with van der Waals surface area (Å²) in [5, 5.41) is 2.96. The van der Waals surface area contributed by atoms with E-state index in [4.69, 9.17) is 4.74 Å². The summed E-state index contributed by atoms with van der Waals surface area (Å²) >= 11 is 0. The fourth-order valence-corrected chi connectivity index (χ4v) is 6.39. The van der Waals surface area contributed by atoms with Gasteiger partial charge in [0.25, 0.3) is 0 Å². The molecule has 2 aliphatic heterocycles. The Labute approximate surface area is 200 Å². The average Bonchev–Trinajstić information content (AvgIpc) is 3.17. The van der Waals surface area contributed by atoms with Gasteiger partial charge in [-0.25, -0.2) is 8.42 Å². The van der Waals surface area contributed by atoms with Gasteiger partial charge in [-0.3, -0.25) is 9.59 Å². The summed E-state index contributed by atoms with van der Waals surface area (Å²) in [4.78, 5) is 26.6. The number of nitrogens with zero attached hydrogens (tertiary/aromatic N) is 2. The molecule has 0 bridgehead atoms. The summed E-state index contributed by atoms with van der Waals surface area (Å²) < 4.78 is 33.2. The second-order valence-corrected chi connectivity index (χ2v) is 10.9. The standard InChI is InChI=1S/C25H31N3O5S/c1-17-13-21-15-23(7-8-24(21)28(17)18(2)29)34(31,32)27-11-9-20(10-12-27)25(30)26-16-19-5-4-6-22(14-19)33-3/h4-8,14-15,17,20H,9-13,16H2,1-3H3,(H,26,30)/t17-/m0/s1. The monoisotopic (exact) mass is 485 g/mol. The van der Waals surface area contributed by atoms with Crippen LogP contribution >= 0.6 is 0 Å². The van der Waals surface area contributed by atoms with Crippen LogP contribution in [-0.4, -0.2) is 50.8 Å². The molecule has 8 nitrogen and oxygen atoms in total. The second kappa shape index (κ2) is 9.76. The van der Waals surface area contributed by atoms with Crippen molar-refractivity contribution in [3.8, 4) is 5.75 Å². The molecule has 0 spiro atoms. The van der Waals surface area contributed by atoms with Gasteiger partial charge in [-0.2, -0.15) is 4.31 Å². The third kappa shape index (κ3) is 4.81. The molecule has 9 heteroatoms. The van der Waals surface area contributed by atoms with Crippen LogP contribution in [-0.2, 0) is 32.6 Å². The van der Waals surface area contributed by atoms with Crippen LogP contribution in [0.4, 0.5) is 5.69 Å². The van der Waals surface area contributed by atoms with Crippen molar-refractivity contribution in [2.75, 3.05) is 25.1 Å². The van der Waals surface area contributed by atoms with Crippen molar-refractivity contribution in [3.63, 3.8) is 0 Å². The van der Waals surface area contributed by atoms with E-state index in [2.05, 4.69) is 5.32 Å². The third-order valence-corrected chi connectivity index (χ3v) is 8.56. The number of amides is 2. The summed E-state index contributed by atoms with van der Waals surface area (Å²) in [6, 6.07) is 12.5. The lowest BCUT2D eigenvalue weighted by Gasteiger charge is -2.30. The van der Waals surface area contributed by atoms with E-state index in [1.54, 1.807) is 30.2 Å². The molecule has 2 aromatic rings. The maximum Gasteiger partial charge on any atom is 0.243 e. The first kappa shape index (κ1) is 24.2. The van der Waals surface area contributed by atoms with E-state index in [1.165, 1.54) is 11.2 Å². The number of hydrogen-bond acceptors (Lipinski definition) is 5. The minimum atomic E-state index is -3.67. The Morgan fingerprint density at radius 2 is 1.85 bits per heavy atom. The van der Waals surface area contributed by atoms with Gasteiger partial charge >= 0.3 is 0 Å². The highest BCUT2D eigenvalue weighted by Crippen LogP contribution is 2.35. The number of ether oxygens (including phenoxy) is 1. The summed E-state index contributed by atoms with van der Waals surface area (Å²) in [5.41, 5.74) is 2.60. The van der Waals surface area contributed by atoms with Gasteiger partial charge < -0.3 is 15.0 Å². The summed E-state index contributed by atoms with van der Waals surface area (Å²) in [7, 11) is -2.07. The first-order valence-electron chi connectivity index (χ1n) is 11.5. The maximum absolute atomic E-state index is 13.3. The van der Waals surface area contributed by atoms with E-state index in [9.17, 15) is 18.0 Å². The van der Waals surface area contributed by atoms with E-state index >= 15 is 0 Å². The zero-order valence-electron chi connectivity index (χ0n) is 19.8. The SMILES string of the molecule is COc1cccc(CNC(=O)C2CCN(S(=O)(=O)c3ccc4c(c3)C[C@H](C)N4C(C)=O)CC2)c1. The van der Waals surface area contributed by atoms with Gasteiger partial charge in [0, 0.05) is 44.2 Å².